The highest BCUT2D eigenvalue weighted by Crippen LogP contribution is 2.33. The van der Waals surface area contributed by atoms with Crippen molar-refractivity contribution >= 4 is 40.0 Å². The summed E-state index contributed by atoms with van der Waals surface area (Å²) in [5.74, 6) is -1.38. The minimum Gasteiger partial charge on any atom is -0.344 e. The molecule has 1 aliphatic heterocycles. The molecule has 1 atom stereocenters. The number of nitrogens with one attached hydrogen (secondary N) is 3. The van der Waals surface area contributed by atoms with E-state index in [1.165, 1.54) is 11.3 Å². The summed E-state index contributed by atoms with van der Waals surface area (Å²) in [5.41, 5.74) is 2.20. The molecular weight excluding hydrogens is 378 g/mol. The molecule has 8 heteroatoms. The Kier molecular flexibility index (Phi) is 5.89. The summed E-state index contributed by atoms with van der Waals surface area (Å²) in [7, 11) is 0. The molecule has 0 radical (unpaired) electrons. The fourth-order valence-electron chi connectivity index (χ4n) is 2.99. The molecule has 0 saturated carbocycles. The summed E-state index contributed by atoms with van der Waals surface area (Å²) in [4.78, 5) is 49.0. The van der Waals surface area contributed by atoms with Crippen molar-refractivity contribution in [3.63, 3.8) is 0 Å². The molecule has 1 aliphatic rings. The Morgan fingerprint density at radius 2 is 1.89 bits per heavy atom. The predicted octanol–water partition coefficient (Wildman–Crippen LogP) is 2.08. The van der Waals surface area contributed by atoms with Crippen LogP contribution in [-0.4, -0.2) is 29.7 Å². The number of carbonyl (C=O) groups excluding carboxylic acids is 4. The Morgan fingerprint density at radius 3 is 2.57 bits per heavy atom. The molecule has 0 bridgehead atoms. The number of piperidine rings is 1. The van der Waals surface area contributed by atoms with Crippen molar-refractivity contribution in [3.05, 3.63) is 51.9 Å². The SMILES string of the molecule is Cc1sc(NC(=O)c2ccccc2)c(CC(=O)NC2CCC(=O)NC2=O)c1C. The summed E-state index contributed by atoms with van der Waals surface area (Å²) < 4.78 is 0. The molecule has 1 aromatic heterocycles. The zero-order valence-electron chi connectivity index (χ0n) is 15.6. The van der Waals surface area contributed by atoms with Gasteiger partial charge < -0.3 is 10.6 Å². The lowest BCUT2D eigenvalue weighted by Gasteiger charge is -2.21. The van der Waals surface area contributed by atoms with Crippen LogP contribution in [-0.2, 0) is 20.8 Å². The number of benzene rings is 1. The smallest absolute Gasteiger partial charge is 0.256 e. The van der Waals surface area contributed by atoms with Crippen molar-refractivity contribution in [3.8, 4) is 0 Å². The average molecular weight is 399 g/mol. The average Bonchev–Trinajstić information content (AvgIpc) is 2.92. The van der Waals surface area contributed by atoms with Crippen molar-refractivity contribution in [2.75, 3.05) is 5.32 Å². The maximum atomic E-state index is 12.5. The Hall–Kier alpha value is -3.00. The summed E-state index contributed by atoms with van der Waals surface area (Å²) in [6.45, 7) is 3.83. The first kappa shape index (κ1) is 19.8. The van der Waals surface area contributed by atoms with E-state index in [4.69, 9.17) is 0 Å². The monoisotopic (exact) mass is 399 g/mol. The first-order chi connectivity index (χ1) is 13.3. The molecule has 0 aliphatic carbocycles. The second-order valence-corrected chi connectivity index (χ2v) is 7.88. The lowest BCUT2D eigenvalue weighted by molar-refractivity contribution is -0.137. The largest absolute Gasteiger partial charge is 0.344 e. The van der Waals surface area contributed by atoms with Crippen molar-refractivity contribution < 1.29 is 19.2 Å². The highest BCUT2D eigenvalue weighted by molar-refractivity contribution is 7.16. The van der Waals surface area contributed by atoms with Gasteiger partial charge in [0.2, 0.25) is 17.7 Å². The fourth-order valence-corrected chi connectivity index (χ4v) is 4.06. The van der Waals surface area contributed by atoms with E-state index >= 15 is 0 Å². The highest BCUT2D eigenvalue weighted by Gasteiger charge is 2.28. The molecular formula is C20H21N3O4S. The lowest BCUT2D eigenvalue weighted by atomic mass is 10.0. The molecule has 7 nitrogen and oxygen atoms in total. The third-order valence-corrected chi connectivity index (χ3v) is 5.85. The maximum absolute atomic E-state index is 12.5. The topological polar surface area (TPSA) is 104 Å². The van der Waals surface area contributed by atoms with Gasteiger partial charge in [-0.3, -0.25) is 24.5 Å². The minimum atomic E-state index is -0.715. The Bertz CT molecular complexity index is 936. The van der Waals surface area contributed by atoms with E-state index < -0.39 is 11.9 Å². The molecule has 1 unspecified atom stereocenters. The van der Waals surface area contributed by atoms with Gasteiger partial charge >= 0.3 is 0 Å². The number of carbonyl (C=O) groups is 4. The van der Waals surface area contributed by atoms with Crippen molar-refractivity contribution in [2.24, 2.45) is 0 Å². The summed E-state index contributed by atoms with van der Waals surface area (Å²) in [6, 6.07) is 8.13. The van der Waals surface area contributed by atoms with Gasteiger partial charge in [-0.25, -0.2) is 0 Å². The van der Waals surface area contributed by atoms with Gasteiger partial charge in [0.1, 0.15) is 6.04 Å². The predicted molar refractivity (Wildman–Crippen MR) is 106 cm³/mol. The van der Waals surface area contributed by atoms with Crippen LogP contribution in [0, 0.1) is 13.8 Å². The zero-order valence-corrected chi connectivity index (χ0v) is 16.4. The van der Waals surface area contributed by atoms with Crippen LogP contribution in [0.2, 0.25) is 0 Å². The number of imide groups is 1. The van der Waals surface area contributed by atoms with Gasteiger partial charge in [-0.05, 0) is 43.5 Å². The molecule has 146 valence electrons. The molecule has 1 fully saturated rings. The van der Waals surface area contributed by atoms with E-state index in [2.05, 4.69) is 16.0 Å². The first-order valence-corrected chi connectivity index (χ1v) is 9.75. The molecule has 2 heterocycles. The van der Waals surface area contributed by atoms with E-state index in [1.807, 2.05) is 19.9 Å². The number of rotatable bonds is 5. The van der Waals surface area contributed by atoms with Gasteiger partial charge in [-0.2, -0.15) is 0 Å². The van der Waals surface area contributed by atoms with Gasteiger partial charge in [-0.15, -0.1) is 11.3 Å². The van der Waals surface area contributed by atoms with Crippen LogP contribution in [0.25, 0.3) is 0 Å². The van der Waals surface area contributed by atoms with Crippen LogP contribution in [0.15, 0.2) is 30.3 Å². The van der Waals surface area contributed by atoms with Crippen LogP contribution in [0.4, 0.5) is 5.00 Å². The first-order valence-electron chi connectivity index (χ1n) is 8.93. The number of hydrogen-bond donors (Lipinski definition) is 3. The number of amides is 4. The van der Waals surface area contributed by atoms with E-state index in [1.54, 1.807) is 24.3 Å². The quantitative estimate of drug-likeness (QED) is 0.670. The zero-order chi connectivity index (χ0) is 20.3. The third-order valence-electron chi connectivity index (χ3n) is 4.68. The van der Waals surface area contributed by atoms with Crippen molar-refractivity contribution in [1.29, 1.82) is 0 Å². The lowest BCUT2D eigenvalue weighted by Crippen LogP contribution is -2.52. The minimum absolute atomic E-state index is 0.0400. The Balaban J connectivity index is 1.71. The Labute approximate surface area is 166 Å². The number of anilines is 1. The molecule has 1 saturated heterocycles. The maximum Gasteiger partial charge on any atom is 0.256 e. The van der Waals surface area contributed by atoms with Gasteiger partial charge in [0, 0.05) is 16.9 Å². The summed E-state index contributed by atoms with van der Waals surface area (Å²) in [5, 5.41) is 8.41. The van der Waals surface area contributed by atoms with Gasteiger partial charge in [0.25, 0.3) is 5.91 Å². The normalized spacial score (nSPS) is 16.4. The second-order valence-electron chi connectivity index (χ2n) is 6.66. The molecule has 0 spiro atoms. The molecule has 2 aromatic rings. The molecule has 3 N–H and O–H groups in total. The molecule has 28 heavy (non-hydrogen) atoms. The van der Waals surface area contributed by atoms with E-state index in [0.717, 1.165) is 16.0 Å². The van der Waals surface area contributed by atoms with Gasteiger partial charge in [-0.1, -0.05) is 18.2 Å². The van der Waals surface area contributed by atoms with E-state index in [0.29, 0.717) is 10.6 Å². The van der Waals surface area contributed by atoms with Crippen molar-refractivity contribution in [2.45, 2.75) is 39.2 Å². The Morgan fingerprint density at radius 1 is 1.18 bits per heavy atom. The van der Waals surface area contributed by atoms with Crippen LogP contribution in [0.5, 0.6) is 0 Å². The summed E-state index contributed by atoms with van der Waals surface area (Å²) >= 11 is 1.42. The van der Waals surface area contributed by atoms with Gasteiger partial charge in [0.15, 0.2) is 0 Å². The van der Waals surface area contributed by atoms with E-state index in [-0.39, 0.29) is 37.0 Å². The van der Waals surface area contributed by atoms with Crippen LogP contribution in [0.3, 0.4) is 0 Å². The summed E-state index contributed by atoms with van der Waals surface area (Å²) in [6.07, 6.45) is 0.527. The third kappa shape index (κ3) is 4.45. The van der Waals surface area contributed by atoms with Gasteiger partial charge in [0.05, 0.1) is 11.4 Å². The highest BCUT2D eigenvalue weighted by atomic mass is 32.1. The second kappa shape index (κ2) is 8.35. The molecule has 4 amide bonds. The van der Waals surface area contributed by atoms with Crippen LogP contribution >= 0.6 is 11.3 Å². The standard InChI is InChI=1S/C20H21N3O4S/c1-11-12(2)28-20(23-18(26)13-6-4-3-5-7-13)14(11)10-17(25)21-15-8-9-16(24)22-19(15)27/h3-7,15H,8-10H2,1-2H3,(H,21,25)(H,23,26)(H,22,24,27). The van der Waals surface area contributed by atoms with Crippen molar-refractivity contribution in [1.82, 2.24) is 10.6 Å². The van der Waals surface area contributed by atoms with Crippen LogP contribution < -0.4 is 16.0 Å². The number of thiophene rings is 1. The van der Waals surface area contributed by atoms with Crippen LogP contribution in [0.1, 0.15) is 39.2 Å². The van der Waals surface area contributed by atoms with E-state index in [9.17, 15) is 19.2 Å². The number of aryl methyl sites for hydroxylation is 1. The fraction of sp³-hybridized carbons (Fsp3) is 0.300. The molecule has 3 rings (SSSR count). The number of hydrogen-bond acceptors (Lipinski definition) is 5. The molecule has 1 aromatic carbocycles.